The van der Waals surface area contributed by atoms with Crippen molar-refractivity contribution in [1.82, 2.24) is 0 Å². The van der Waals surface area contributed by atoms with Gasteiger partial charge in [0.15, 0.2) is 0 Å². The quantitative estimate of drug-likeness (QED) is 0.577. The van der Waals surface area contributed by atoms with Gasteiger partial charge in [-0.3, -0.25) is 0 Å². The van der Waals surface area contributed by atoms with Gasteiger partial charge in [0.05, 0.1) is 0 Å². The number of esters is 1. The number of carbonyl (C=O) groups excluding carboxylic acids is 1. The Labute approximate surface area is 151 Å². The Balaban J connectivity index is 2.35. The van der Waals surface area contributed by atoms with Gasteiger partial charge in [-0.05, 0) is 0 Å². The zero-order chi connectivity index (χ0) is 18.2. The van der Waals surface area contributed by atoms with Crippen molar-refractivity contribution in [2.24, 2.45) is 0 Å². The van der Waals surface area contributed by atoms with Gasteiger partial charge in [0.1, 0.15) is 0 Å². The van der Waals surface area contributed by atoms with Crippen LogP contribution in [-0.4, -0.2) is 44.5 Å². The molecule has 0 N–H and O–H groups in total. The van der Waals surface area contributed by atoms with Gasteiger partial charge in [-0.25, -0.2) is 0 Å². The van der Waals surface area contributed by atoms with Crippen molar-refractivity contribution in [3.8, 4) is 0 Å². The van der Waals surface area contributed by atoms with E-state index in [-0.39, 0.29) is 33.1 Å². The summed E-state index contributed by atoms with van der Waals surface area (Å²) >= 11 is -0.153. The van der Waals surface area contributed by atoms with Crippen LogP contribution in [0.5, 0.6) is 0 Å². The molecule has 0 aromatic heterocycles. The number of ether oxygens (including phenoxy) is 3. The molecule has 24 heavy (non-hydrogen) atoms. The van der Waals surface area contributed by atoms with E-state index in [1.54, 1.807) is 0 Å². The summed E-state index contributed by atoms with van der Waals surface area (Å²) in [6.45, 7) is 13.3. The first-order chi connectivity index (χ1) is 10.9. The minimum absolute atomic E-state index is 0.153. The van der Waals surface area contributed by atoms with Crippen molar-refractivity contribution < 1.29 is 19.0 Å². The molecular weight excluding hydrogens is 371 g/mol. The number of hydrogen-bond donors (Lipinski definition) is 0. The molecule has 1 saturated heterocycles. The van der Waals surface area contributed by atoms with Crippen molar-refractivity contribution >= 4 is 25.4 Å². The summed E-state index contributed by atoms with van der Waals surface area (Å²) in [7, 11) is 0. The molecule has 3 atom stereocenters. The molecule has 1 aliphatic heterocycles. The van der Waals surface area contributed by atoms with E-state index in [0.717, 1.165) is 4.46 Å². The normalized spacial score (nSPS) is 26.0. The van der Waals surface area contributed by atoms with Crippen molar-refractivity contribution in [3.63, 3.8) is 0 Å². The Morgan fingerprint density at radius 3 is 2.17 bits per heavy atom. The molecule has 0 saturated carbocycles. The fraction of sp³-hybridized carbons (Fsp3) is 0.632. The van der Waals surface area contributed by atoms with Crippen LogP contribution in [0.15, 0.2) is 30.3 Å². The topological polar surface area (TPSA) is 44.8 Å². The van der Waals surface area contributed by atoms with Crippen molar-refractivity contribution in [3.05, 3.63) is 30.3 Å². The zero-order valence-corrected chi connectivity index (χ0v) is 17.3. The third kappa shape index (κ3) is 4.60. The van der Waals surface area contributed by atoms with Gasteiger partial charge in [0.25, 0.3) is 0 Å². The molecule has 2 rings (SSSR count). The number of rotatable bonds is 4. The zero-order valence-electron chi connectivity index (χ0n) is 15.6. The summed E-state index contributed by atoms with van der Waals surface area (Å²) in [6, 6.07) is 10.1. The van der Waals surface area contributed by atoms with E-state index in [1.165, 1.54) is 0 Å². The Morgan fingerprint density at radius 2 is 1.71 bits per heavy atom. The van der Waals surface area contributed by atoms with E-state index >= 15 is 0 Å². The van der Waals surface area contributed by atoms with Crippen LogP contribution in [0, 0.1) is 0 Å². The summed E-state index contributed by atoms with van der Waals surface area (Å²) in [5.74, 6) is -0.919. The molecule has 1 fully saturated rings. The summed E-state index contributed by atoms with van der Waals surface area (Å²) < 4.78 is 18.1. The minimum atomic E-state index is -0.769. The molecule has 134 valence electrons. The Bertz CT molecular complexity index is 579. The molecule has 0 spiro atoms. The van der Waals surface area contributed by atoms with Crippen LogP contribution in [0.25, 0.3) is 0 Å². The second-order valence-corrected chi connectivity index (χ2v) is 11.0. The number of hydrogen-bond acceptors (Lipinski definition) is 4. The molecule has 1 aromatic carbocycles. The second-order valence-electron chi connectivity index (χ2n) is 7.79. The van der Waals surface area contributed by atoms with Crippen molar-refractivity contribution in [1.29, 1.82) is 0 Å². The first-order valence-electron chi connectivity index (χ1n) is 8.26. The van der Waals surface area contributed by atoms with E-state index in [1.807, 2.05) is 78.8 Å². The molecule has 1 heterocycles. The van der Waals surface area contributed by atoms with Crippen LogP contribution in [0.2, 0.25) is 4.31 Å². The van der Waals surface area contributed by atoms with Crippen LogP contribution in [0.1, 0.15) is 48.5 Å². The van der Waals surface area contributed by atoms with Gasteiger partial charge in [-0.1, -0.05) is 0 Å². The fourth-order valence-electron chi connectivity index (χ4n) is 2.83. The van der Waals surface area contributed by atoms with Crippen LogP contribution >= 0.6 is 0 Å². The van der Waals surface area contributed by atoms with Gasteiger partial charge < -0.3 is 0 Å². The monoisotopic (exact) mass is 400 g/mol. The first kappa shape index (κ1) is 19.5. The van der Waals surface area contributed by atoms with E-state index in [2.05, 4.69) is 0 Å². The molecule has 0 amide bonds. The third-order valence-electron chi connectivity index (χ3n) is 3.73. The standard InChI is InChI=1S/C19H28O4Se/c1-13-15(22-18(5,6)21-13)19(7,16(20)23-17(2,3)4)24-14-11-9-8-10-12-14/h8-13,15H,1-7H3/t13-,15-,19-/m0/s1. The summed E-state index contributed by atoms with van der Waals surface area (Å²) in [5.41, 5.74) is -0.538. The maximum atomic E-state index is 13.1. The van der Waals surface area contributed by atoms with E-state index in [9.17, 15) is 4.79 Å². The summed E-state index contributed by atoms with van der Waals surface area (Å²) in [6.07, 6.45) is -0.523. The van der Waals surface area contributed by atoms with E-state index < -0.39 is 15.7 Å². The van der Waals surface area contributed by atoms with Crippen molar-refractivity contribution in [2.75, 3.05) is 0 Å². The third-order valence-corrected chi connectivity index (χ3v) is 6.52. The molecule has 1 aliphatic rings. The Hall–Kier alpha value is -0.871. The van der Waals surface area contributed by atoms with E-state index in [0.29, 0.717) is 0 Å². The number of benzene rings is 1. The summed E-state index contributed by atoms with van der Waals surface area (Å²) in [5, 5.41) is 0. The predicted molar refractivity (Wildman–Crippen MR) is 95.5 cm³/mol. The second kappa shape index (κ2) is 6.80. The van der Waals surface area contributed by atoms with Crippen LogP contribution in [0.4, 0.5) is 0 Å². The molecule has 5 heteroatoms. The van der Waals surface area contributed by atoms with Crippen LogP contribution in [-0.2, 0) is 19.0 Å². The van der Waals surface area contributed by atoms with Crippen molar-refractivity contribution in [2.45, 2.75) is 76.4 Å². The molecule has 0 aliphatic carbocycles. The van der Waals surface area contributed by atoms with Gasteiger partial charge in [-0.15, -0.1) is 0 Å². The predicted octanol–water partition coefficient (Wildman–Crippen LogP) is 3.08. The van der Waals surface area contributed by atoms with E-state index in [4.69, 9.17) is 14.2 Å². The molecule has 4 nitrogen and oxygen atoms in total. The molecule has 0 unspecified atom stereocenters. The van der Waals surface area contributed by atoms with Crippen LogP contribution in [0.3, 0.4) is 0 Å². The van der Waals surface area contributed by atoms with Crippen LogP contribution < -0.4 is 4.46 Å². The van der Waals surface area contributed by atoms with Gasteiger partial charge in [0.2, 0.25) is 0 Å². The van der Waals surface area contributed by atoms with Gasteiger partial charge in [-0.2, -0.15) is 0 Å². The average molecular weight is 399 g/mol. The maximum absolute atomic E-state index is 13.1. The SMILES string of the molecule is C[C@@H]1OC(C)(C)O[C@@H]1[C@](C)([Se]c1ccccc1)C(=O)OC(C)(C)C. The van der Waals surface area contributed by atoms with Gasteiger partial charge in [0, 0.05) is 0 Å². The summed E-state index contributed by atoms with van der Waals surface area (Å²) in [4.78, 5) is 13.1. The average Bonchev–Trinajstić information content (AvgIpc) is 2.71. The Kier molecular flexibility index (Phi) is 5.51. The Morgan fingerprint density at radius 1 is 1.12 bits per heavy atom. The van der Waals surface area contributed by atoms with Gasteiger partial charge >= 0.3 is 151 Å². The molecular formula is C19H28O4Se. The number of carbonyl (C=O) groups is 1. The molecule has 1 aromatic rings. The first-order valence-corrected chi connectivity index (χ1v) is 9.97. The molecule has 0 bridgehead atoms. The molecule has 0 radical (unpaired) electrons. The fourth-order valence-corrected chi connectivity index (χ4v) is 5.48.